The lowest BCUT2D eigenvalue weighted by molar-refractivity contribution is 0.0697. The molecule has 154 valence electrons. The number of nitrogens with zero attached hydrogens (tertiary/aromatic N) is 3. The third-order valence-electron chi connectivity index (χ3n) is 5.22. The molecule has 0 radical (unpaired) electrons. The molecule has 2 N–H and O–H groups in total. The van der Waals surface area contributed by atoms with Gasteiger partial charge in [-0.3, -0.25) is 13.9 Å². The molecule has 8 nitrogen and oxygen atoms in total. The highest BCUT2D eigenvalue weighted by atomic mass is 35.5. The van der Waals surface area contributed by atoms with E-state index in [2.05, 4.69) is 5.32 Å². The third kappa shape index (κ3) is 3.15. The van der Waals surface area contributed by atoms with Gasteiger partial charge in [-0.15, -0.1) is 0 Å². The van der Waals surface area contributed by atoms with E-state index in [-0.39, 0.29) is 11.3 Å². The first-order valence-electron chi connectivity index (χ1n) is 9.18. The Bertz CT molecular complexity index is 1260. The molecule has 2 heterocycles. The Kier molecular flexibility index (Phi) is 4.87. The Hall–Kier alpha value is -3.52. The standard InChI is InChI=1S/C21H19ClN4O4/c1-24-17-16(18(27)25(2)21(24)30)23-20(22)26(17)11-12-7-9-13(10-8-12)14-5-3-4-6-15(14)19(28)29/h3-10,20,23H,11H2,1-2H3,(H,28,29). The van der Waals surface area contributed by atoms with Crippen LogP contribution in [0.1, 0.15) is 15.9 Å². The van der Waals surface area contributed by atoms with Gasteiger partial charge in [0.05, 0.1) is 5.56 Å². The molecule has 0 bridgehead atoms. The predicted octanol–water partition coefficient (Wildman–Crippen LogP) is 2.40. The average molecular weight is 427 g/mol. The largest absolute Gasteiger partial charge is 0.478 e. The number of hydrogen-bond acceptors (Lipinski definition) is 5. The summed E-state index contributed by atoms with van der Waals surface area (Å²) in [5.41, 5.74) is 1.26. The number of carboxylic acids is 1. The van der Waals surface area contributed by atoms with Crippen molar-refractivity contribution in [2.75, 3.05) is 10.2 Å². The number of benzene rings is 2. The molecule has 1 atom stereocenters. The molecule has 2 aromatic carbocycles. The lowest BCUT2D eigenvalue weighted by Gasteiger charge is -2.23. The number of nitrogens with one attached hydrogen (secondary N) is 1. The Morgan fingerprint density at radius 3 is 2.40 bits per heavy atom. The summed E-state index contributed by atoms with van der Waals surface area (Å²) in [6.07, 6.45) is 0. The SMILES string of the molecule is Cn1c2c(c(=O)n(C)c1=O)NC(Cl)N2Cc1ccc(-c2ccccc2C(=O)O)cc1. The van der Waals surface area contributed by atoms with Crippen LogP contribution in [0.5, 0.6) is 0 Å². The minimum absolute atomic E-state index is 0.231. The molecular formula is C21H19ClN4O4. The van der Waals surface area contributed by atoms with Gasteiger partial charge in [0.1, 0.15) is 11.5 Å². The number of aromatic nitrogens is 2. The van der Waals surface area contributed by atoms with Gasteiger partial charge in [-0.25, -0.2) is 9.59 Å². The fourth-order valence-electron chi connectivity index (χ4n) is 3.66. The lowest BCUT2D eigenvalue weighted by atomic mass is 9.98. The normalized spacial score (nSPS) is 15.0. The first kappa shape index (κ1) is 19.8. The second kappa shape index (κ2) is 7.38. The van der Waals surface area contributed by atoms with E-state index in [1.54, 1.807) is 36.2 Å². The highest BCUT2D eigenvalue weighted by molar-refractivity contribution is 6.24. The minimum Gasteiger partial charge on any atom is -0.478 e. The van der Waals surface area contributed by atoms with Gasteiger partial charge in [0.15, 0.2) is 5.62 Å². The van der Waals surface area contributed by atoms with Crippen LogP contribution in [0.4, 0.5) is 11.5 Å². The van der Waals surface area contributed by atoms with Gasteiger partial charge in [0, 0.05) is 20.6 Å². The summed E-state index contributed by atoms with van der Waals surface area (Å²) >= 11 is 6.41. The van der Waals surface area contributed by atoms with Crippen molar-refractivity contribution in [1.29, 1.82) is 0 Å². The van der Waals surface area contributed by atoms with Gasteiger partial charge in [-0.05, 0) is 22.8 Å². The highest BCUT2D eigenvalue weighted by Gasteiger charge is 2.33. The van der Waals surface area contributed by atoms with Gasteiger partial charge < -0.3 is 15.3 Å². The molecule has 0 spiro atoms. The molecule has 1 aliphatic heterocycles. The van der Waals surface area contributed by atoms with E-state index in [0.717, 1.165) is 15.7 Å². The molecule has 1 aliphatic rings. The van der Waals surface area contributed by atoms with E-state index >= 15 is 0 Å². The van der Waals surface area contributed by atoms with Crippen molar-refractivity contribution in [2.45, 2.75) is 12.2 Å². The second-order valence-electron chi connectivity index (χ2n) is 7.06. The van der Waals surface area contributed by atoms with Crippen LogP contribution in [0.3, 0.4) is 0 Å². The van der Waals surface area contributed by atoms with Gasteiger partial charge >= 0.3 is 11.7 Å². The van der Waals surface area contributed by atoms with Crippen molar-refractivity contribution in [1.82, 2.24) is 9.13 Å². The molecule has 0 saturated heterocycles. The third-order valence-corrected chi connectivity index (χ3v) is 5.56. The van der Waals surface area contributed by atoms with E-state index in [4.69, 9.17) is 11.6 Å². The fraction of sp³-hybridized carbons (Fsp3) is 0.190. The van der Waals surface area contributed by atoms with Crippen molar-refractivity contribution < 1.29 is 9.90 Å². The maximum atomic E-state index is 12.4. The molecular weight excluding hydrogens is 408 g/mol. The Labute approximate surface area is 176 Å². The molecule has 0 aliphatic carbocycles. The molecule has 4 rings (SSSR count). The molecule has 30 heavy (non-hydrogen) atoms. The van der Waals surface area contributed by atoms with Crippen LogP contribution in [0.2, 0.25) is 0 Å². The van der Waals surface area contributed by atoms with Crippen LogP contribution >= 0.6 is 11.6 Å². The van der Waals surface area contributed by atoms with Crippen LogP contribution in [-0.2, 0) is 20.6 Å². The molecule has 0 saturated carbocycles. The van der Waals surface area contributed by atoms with Crippen LogP contribution in [0.25, 0.3) is 11.1 Å². The van der Waals surface area contributed by atoms with Crippen molar-refractivity contribution >= 4 is 29.1 Å². The highest BCUT2D eigenvalue weighted by Crippen LogP contribution is 2.33. The number of alkyl halides is 1. The topological polar surface area (TPSA) is 96.6 Å². The van der Waals surface area contributed by atoms with Crippen molar-refractivity contribution in [3.8, 4) is 11.1 Å². The summed E-state index contributed by atoms with van der Waals surface area (Å²) in [5, 5.41) is 12.3. The number of aromatic carboxylic acids is 1. The summed E-state index contributed by atoms with van der Waals surface area (Å²) in [5.74, 6) is -0.551. The maximum Gasteiger partial charge on any atom is 0.336 e. The average Bonchev–Trinajstić information content (AvgIpc) is 3.07. The van der Waals surface area contributed by atoms with Gasteiger partial charge in [-0.2, -0.15) is 0 Å². The monoisotopic (exact) mass is 426 g/mol. The number of carbonyl (C=O) groups is 1. The van der Waals surface area contributed by atoms with Gasteiger partial charge in [-0.1, -0.05) is 54.1 Å². The Morgan fingerprint density at radius 1 is 1.07 bits per heavy atom. The number of anilines is 2. The summed E-state index contributed by atoms with van der Waals surface area (Å²) in [7, 11) is 3.02. The van der Waals surface area contributed by atoms with Crippen LogP contribution in [0.15, 0.2) is 58.1 Å². The minimum atomic E-state index is -0.984. The predicted molar refractivity (Wildman–Crippen MR) is 115 cm³/mol. The molecule has 1 aromatic heterocycles. The number of hydrogen-bond donors (Lipinski definition) is 2. The van der Waals surface area contributed by atoms with Crippen LogP contribution in [0, 0.1) is 0 Å². The van der Waals surface area contributed by atoms with Crippen molar-refractivity contribution in [3.05, 3.63) is 80.5 Å². The quantitative estimate of drug-likeness (QED) is 0.491. The fourth-order valence-corrected chi connectivity index (χ4v) is 3.93. The van der Waals surface area contributed by atoms with E-state index in [0.29, 0.717) is 17.9 Å². The summed E-state index contributed by atoms with van der Waals surface area (Å²) in [6, 6.07) is 14.2. The molecule has 0 fully saturated rings. The Morgan fingerprint density at radius 2 is 1.73 bits per heavy atom. The summed E-state index contributed by atoms with van der Waals surface area (Å²) in [4.78, 5) is 38.0. The van der Waals surface area contributed by atoms with Gasteiger partial charge in [0.25, 0.3) is 5.56 Å². The zero-order valence-corrected chi connectivity index (χ0v) is 17.1. The van der Waals surface area contributed by atoms with Gasteiger partial charge in [0.2, 0.25) is 0 Å². The van der Waals surface area contributed by atoms with Crippen molar-refractivity contribution in [3.63, 3.8) is 0 Å². The smallest absolute Gasteiger partial charge is 0.336 e. The number of rotatable bonds is 4. The molecule has 3 aromatic rings. The number of carboxylic acid groups (broad SMARTS) is 1. The lowest BCUT2D eigenvalue weighted by Crippen LogP contribution is -2.38. The van der Waals surface area contributed by atoms with E-state index < -0.39 is 22.8 Å². The number of fused-ring (bicyclic) bond motifs is 1. The van der Waals surface area contributed by atoms with E-state index in [1.807, 2.05) is 24.3 Å². The Balaban J connectivity index is 1.67. The first-order valence-corrected chi connectivity index (χ1v) is 9.62. The second-order valence-corrected chi connectivity index (χ2v) is 7.47. The summed E-state index contributed by atoms with van der Waals surface area (Å²) < 4.78 is 2.43. The summed E-state index contributed by atoms with van der Waals surface area (Å²) in [6.45, 7) is 0.357. The van der Waals surface area contributed by atoms with Crippen LogP contribution < -0.4 is 21.5 Å². The van der Waals surface area contributed by atoms with Crippen LogP contribution in [-0.4, -0.2) is 25.8 Å². The molecule has 0 amide bonds. The number of halogens is 1. The maximum absolute atomic E-state index is 12.4. The molecule has 9 heteroatoms. The van der Waals surface area contributed by atoms with E-state index in [9.17, 15) is 19.5 Å². The first-order chi connectivity index (χ1) is 14.3. The zero-order chi connectivity index (χ0) is 21.6. The van der Waals surface area contributed by atoms with Crippen molar-refractivity contribution in [2.24, 2.45) is 14.1 Å². The zero-order valence-electron chi connectivity index (χ0n) is 16.3. The van der Waals surface area contributed by atoms with E-state index in [1.165, 1.54) is 11.6 Å². The molecule has 1 unspecified atom stereocenters.